The number of fused-ring (bicyclic) bond motifs is 1. The molecule has 2 aromatic heterocycles. The number of nitrogens with one attached hydrogen (secondary N) is 2. The average molecular weight is 610 g/mol. The van der Waals surface area contributed by atoms with Crippen molar-refractivity contribution in [2.75, 3.05) is 24.7 Å². The number of aliphatic hydroxyl groups excluding tert-OH is 1. The monoisotopic (exact) mass is 609 g/mol. The molecule has 0 aliphatic carbocycles. The number of carbonyl (C=O) groups excluding carboxylic acids is 1. The third kappa shape index (κ3) is 6.35. The van der Waals surface area contributed by atoms with Gasteiger partial charge in [-0.15, -0.1) is 0 Å². The summed E-state index contributed by atoms with van der Waals surface area (Å²) in [5.74, 6) is -0.984. The number of imidazole rings is 1. The first-order valence-electron chi connectivity index (χ1n) is 13.5. The Morgan fingerprint density at radius 1 is 1.24 bits per heavy atom. The van der Waals surface area contributed by atoms with Gasteiger partial charge in [-0.3, -0.25) is 13.9 Å². The van der Waals surface area contributed by atoms with E-state index in [4.69, 9.17) is 24.3 Å². The Morgan fingerprint density at radius 3 is 2.55 bits per heavy atom. The molecule has 3 aromatic rings. The molecule has 3 heterocycles. The van der Waals surface area contributed by atoms with E-state index in [1.54, 1.807) is 65.1 Å². The minimum atomic E-state index is -4.30. The fourth-order valence-electron chi connectivity index (χ4n) is 4.60. The quantitative estimate of drug-likeness (QED) is 0.173. The molecule has 0 spiro atoms. The highest BCUT2D eigenvalue weighted by Crippen LogP contribution is 2.50. The smallest absolute Gasteiger partial charge is 0.459 e. The summed E-state index contributed by atoms with van der Waals surface area (Å²) in [5, 5.41) is 16.7. The van der Waals surface area contributed by atoms with Crippen LogP contribution < -0.4 is 20.7 Å². The minimum Gasteiger partial charge on any atom is -0.462 e. The Kier molecular flexibility index (Phi) is 9.38. The number of hydrogen-bond acceptors (Lipinski definition) is 12. The highest BCUT2D eigenvalue weighted by atomic mass is 31.2. The Balaban J connectivity index is 1.62. The van der Waals surface area contributed by atoms with Crippen LogP contribution in [0.4, 0.5) is 16.2 Å². The van der Waals surface area contributed by atoms with E-state index in [1.807, 2.05) is 0 Å². The number of nitrogens with zero attached hydrogens (tertiary/aromatic N) is 4. The molecule has 0 bridgehead atoms. The molecule has 230 valence electrons. The van der Waals surface area contributed by atoms with Crippen LogP contribution in [0.2, 0.25) is 0 Å². The second-order valence-electron chi connectivity index (χ2n) is 10.5. The molecule has 0 amide bonds. The van der Waals surface area contributed by atoms with Gasteiger partial charge in [0.05, 0.1) is 19.0 Å². The lowest BCUT2D eigenvalue weighted by Crippen LogP contribution is -2.47. The van der Waals surface area contributed by atoms with Crippen molar-refractivity contribution in [1.82, 2.24) is 24.6 Å². The van der Waals surface area contributed by atoms with Crippen molar-refractivity contribution in [3.05, 3.63) is 36.7 Å². The molecule has 1 saturated heterocycles. The van der Waals surface area contributed by atoms with Gasteiger partial charge in [0.25, 0.3) is 0 Å². The predicted molar refractivity (Wildman–Crippen MR) is 152 cm³/mol. The van der Waals surface area contributed by atoms with Gasteiger partial charge in [-0.05, 0) is 38.8 Å². The summed E-state index contributed by atoms with van der Waals surface area (Å²) < 4.78 is 54.5. The maximum absolute atomic E-state index is 16.8. The van der Waals surface area contributed by atoms with E-state index < -0.39 is 62.5 Å². The van der Waals surface area contributed by atoms with Gasteiger partial charge in [0, 0.05) is 7.05 Å². The number of para-hydroxylation sites is 1. The SMILES string of the molecule is CNc1nc(N)nc2c1ncn2[C@@H]1O[C@H](CO[P@@](=O)(N[C@@H](C)C(=O)OC(C)C)Oc2ccccc2)[C@@H](O)[C@@]1(F)C(C)C. The van der Waals surface area contributed by atoms with Crippen molar-refractivity contribution in [1.29, 1.82) is 0 Å². The van der Waals surface area contributed by atoms with E-state index in [1.165, 1.54) is 17.8 Å². The number of aliphatic hydroxyl groups is 1. The number of ether oxygens (including phenoxy) is 2. The van der Waals surface area contributed by atoms with Gasteiger partial charge >= 0.3 is 13.7 Å². The number of esters is 1. The van der Waals surface area contributed by atoms with Crippen LogP contribution in [0, 0.1) is 5.92 Å². The summed E-state index contributed by atoms with van der Waals surface area (Å²) in [5.41, 5.74) is 4.02. The number of halogens is 1. The van der Waals surface area contributed by atoms with E-state index in [9.17, 15) is 14.5 Å². The van der Waals surface area contributed by atoms with Crippen LogP contribution in [0.3, 0.4) is 0 Å². The first-order chi connectivity index (χ1) is 19.8. The Labute approximate surface area is 242 Å². The predicted octanol–water partition coefficient (Wildman–Crippen LogP) is 3.21. The fourth-order valence-corrected chi connectivity index (χ4v) is 6.10. The lowest BCUT2D eigenvalue weighted by atomic mass is 9.85. The second-order valence-corrected chi connectivity index (χ2v) is 12.2. The molecule has 6 atom stereocenters. The minimum absolute atomic E-state index is 0.0729. The lowest BCUT2D eigenvalue weighted by Gasteiger charge is -2.32. The zero-order valence-corrected chi connectivity index (χ0v) is 25.1. The molecule has 0 unspecified atom stereocenters. The first kappa shape index (κ1) is 31.6. The molecular weight excluding hydrogens is 572 g/mol. The number of alkyl halides is 1. The second kappa shape index (κ2) is 12.5. The number of hydrogen-bond donors (Lipinski definition) is 4. The Bertz CT molecular complexity index is 1440. The molecular formula is C26H37FN7O7P. The molecule has 5 N–H and O–H groups in total. The number of anilines is 2. The van der Waals surface area contributed by atoms with E-state index in [2.05, 4.69) is 25.4 Å². The summed E-state index contributed by atoms with van der Waals surface area (Å²) >= 11 is 0. The largest absolute Gasteiger partial charge is 0.462 e. The molecule has 14 nitrogen and oxygen atoms in total. The maximum atomic E-state index is 16.8. The van der Waals surface area contributed by atoms with E-state index >= 15 is 4.39 Å². The molecule has 4 rings (SSSR count). The van der Waals surface area contributed by atoms with Crippen molar-refractivity contribution >= 4 is 36.6 Å². The molecule has 1 aliphatic heterocycles. The number of benzene rings is 1. The zero-order chi connectivity index (χ0) is 30.8. The number of nitrogens with two attached hydrogens (primary N) is 1. The third-order valence-electron chi connectivity index (χ3n) is 6.74. The summed E-state index contributed by atoms with van der Waals surface area (Å²) in [7, 11) is -2.68. The highest BCUT2D eigenvalue weighted by Gasteiger charge is 2.60. The van der Waals surface area contributed by atoms with Crippen molar-refractivity contribution in [2.24, 2.45) is 5.92 Å². The van der Waals surface area contributed by atoms with Gasteiger partial charge in [-0.2, -0.15) is 15.1 Å². The number of aromatic nitrogens is 4. The third-order valence-corrected chi connectivity index (χ3v) is 8.38. The van der Waals surface area contributed by atoms with E-state index in [-0.39, 0.29) is 17.3 Å². The van der Waals surface area contributed by atoms with Gasteiger partial charge < -0.3 is 30.2 Å². The Morgan fingerprint density at radius 2 is 1.93 bits per heavy atom. The molecule has 1 aliphatic rings. The average Bonchev–Trinajstić information content (AvgIpc) is 3.45. The van der Waals surface area contributed by atoms with Crippen LogP contribution in [0.5, 0.6) is 5.75 Å². The standard InChI is InChI=1S/C26H37FN7O7P/c1-14(2)26(27)20(35)18(40-24(26)34-13-30-19-21(29-6)31-25(28)32-22(19)34)12-38-42(37,41-17-10-8-7-9-11-17)33-16(5)23(36)39-15(3)4/h7-11,13-16,18,20,24,35H,12H2,1-6H3,(H,33,37)(H3,28,29,31,32)/t16-,18+,20+,24+,26-,42-/m0/s1. The van der Waals surface area contributed by atoms with Crippen LogP contribution in [0.15, 0.2) is 36.7 Å². The normalized spacial score (nSPS) is 24.6. The van der Waals surface area contributed by atoms with Crippen LogP contribution in [0.1, 0.15) is 40.8 Å². The lowest BCUT2D eigenvalue weighted by molar-refractivity contribution is -0.149. The molecule has 0 radical (unpaired) electrons. The summed E-state index contributed by atoms with van der Waals surface area (Å²) in [6.45, 7) is 7.42. The first-order valence-corrected chi connectivity index (χ1v) is 15.0. The number of carbonyl (C=O) groups is 1. The van der Waals surface area contributed by atoms with E-state index in [0.29, 0.717) is 11.3 Å². The molecule has 42 heavy (non-hydrogen) atoms. The molecule has 1 aromatic carbocycles. The zero-order valence-electron chi connectivity index (χ0n) is 24.2. The number of rotatable bonds is 12. The fraction of sp³-hybridized carbons (Fsp3) is 0.538. The molecule has 1 fully saturated rings. The van der Waals surface area contributed by atoms with Crippen molar-refractivity contribution in [3.8, 4) is 5.75 Å². The van der Waals surface area contributed by atoms with Gasteiger partial charge in [-0.1, -0.05) is 32.0 Å². The molecule has 16 heteroatoms. The van der Waals surface area contributed by atoms with Crippen molar-refractivity contribution in [3.63, 3.8) is 0 Å². The number of nitrogen functional groups attached to an aromatic ring is 1. The van der Waals surface area contributed by atoms with Crippen LogP contribution >= 0.6 is 7.75 Å². The van der Waals surface area contributed by atoms with Gasteiger partial charge in [0.1, 0.15) is 24.0 Å². The van der Waals surface area contributed by atoms with Crippen LogP contribution in [-0.4, -0.2) is 74.3 Å². The van der Waals surface area contributed by atoms with Crippen LogP contribution in [-0.2, 0) is 23.4 Å². The van der Waals surface area contributed by atoms with Crippen LogP contribution in [0.25, 0.3) is 11.2 Å². The summed E-state index contributed by atoms with van der Waals surface area (Å²) in [6, 6.07) is 7.07. The van der Waals surface area contributed by atoms with Gasteiger partial charge in [0.2, 0.25) is 5.95 Å². The summed E-state index contributed by atoms with van der Waals surface area (Å²) in [4.78, 5) is 25.0. The highest BCUT2D eigenvalue weighted by molar-refractivity contribution is 7.52. The topological polar surface area (TPSA) is 185 Å². The van der Waals surface area contributed by atoms with Gasteiger partial charge in [0.15, 0.2) is 28.9 Å². The van der Waals surface area contributed by atoms with Crippen molar-refractivity contribution in [2.45, 2.75) is 70.9 Å². The van der Waals surface area contributed by atoms with Crippen molar-refractivity contribution < 1.29 is 37.4 Å². The molecule has 0 saturated carbocycles. The maximum Gasteiger partial charge on any atom is 0.459 e. The van der Waals surface area contributed by atoms with Gasteiger partial charge in [-0.25, -0.2) is 13.9 Å². The Hall–Kier alpha value is -3.36. The summed E-state index contributed by atoms with van der Waals surface area (Å²) in [6.07, 6.45) is -3.53. The van der Waals surface area contributed by atoms with E-state index in [0.717, 1.165) is 0 Å².